The number of phenols is 1. The SMILES string of the molecule is NC(=NC1CCCC1)N[C@H](CCCC(=O)CC(=O)CCc1ccc(O)c(OC2CCCC2)c1)CCn1ccnc1. The van der Waals surface area contributed by atoms with E-state index < -0.39 is 0 Å². The van der Waals surface area contributed by atoms with E-state index in [4.69, 9.17) is 10.5 Å². The Morgan fingerprint density at radius 2 is 1.85 bits per heavy atom. The first-order valence-electron chi connectivity index (χ1n) is 15.0. The maximum absolute atomic E-state index is 12.6. The van der Waals surface area contributed by atoms with Crippen molar-refractivity contribution in [1.82, 2.24) is 14.9 Å². The number of hydrogen-bond donors (Lipinski definition) is 3. The third-order valence-corrected chi connectivity index (χ3v) is 8.01. The van der Waals surface area contributed by atoms with Crippen molar-refractivity contribution in [1.29, 1.82) is 0 Å². The molecule has 0 saturated heterocycles. The fourth-order valence-electron chi connectivity index (χ4n) is 5.71. The Morgan fingerprint density at radius 1 is 1.10 bits per heavy atom. The summed E-state index contributed by atoms with van der Waals surface area (Å²) in [5.74, 6) is 1.01. The van der Waals surface area contributed by atoms with Crippen LogP contribution in [0.2, 0.25) is 0 Å². The van der Waals surface area contributed by atoms with Crippen LogP contribution in [0.25, 0.3) is 0 Å². The van der Waals surface area contributed by atoms with Gasteiger partial charge in [-0.1, -0.05) is 18.9 Å². The number of phenolic OH excluding ortho intramolecular Hbond substituents is 1. The highest BCUT2D eigenvalue weighted by molar-refractivity contribution is 5.99. The number of nitrogens with two attached hydrogens (primary N) is 1. The van der Waals surface area contributed by atoms with E-state index in [1.54, 1.807) is 18.6 Å². The minimum Gasteiger partial charge on any atom is -0.504 e. The maximum atomic E-state index is 12.6. The molecule has 2 fully saturated rings. The van der Waals surface area contributed by atoms with Gasteiger partial charge in [-0.05, 0) is 81.9 Å². The smallest absolute Gasteiger partial charge is 0.189 e. The molecule has 9 nitrogen and oxygen atoms in total. The summed E-state index contributed by atoms with van der Waals surface area (Å²) in [7, 11) is 0. The second-order valence-electron chi connectivity index (χ2n) is 11.4. The number of nitrogens with one attached hydrogen (secondary N) is 1. The largest absolute Gasteiger partial charge is 0.504 e. The van der Waals surface area contributed by atoms with E-state index in [1.807, 2.05) is 22.9 Å². The van der Waals surface area contributed by atoms with Crippen molar-refractivity contribution in [2.24, 2.45) is 10.7 Å². The first kappa shape index (κ1) is 29.6. The molecule has 40 heavy (non-hydrogen) atoms. The number of guanidine groups is 1. The Kier molecular flexibility index (Phi) is 11.4. The van der Waals surface area contributed by atoms with E-state index in [1.165, 1.54) is 12.8 Å². The van der Waals surface area contributed by atoms with Gasteiger partial charge in [0.25, 0.3) is 0 Å². The third kappa shape index (κ3) is 9.99. The number of nitrogens with zero attached hydrogens (tertiary/aromatic N) is 3. The number of imidazole rings is 1. The number of ether oxygens (including phenoxy) is 1. The molecule has 0 aliphatic heterocycles. The summed E-state index contributed by atoms with van der Waals surface area (Å²) < 4.78 is 7.99. The van der Waals surface area contributed by atoms with Crippen LogP contribution in [0, 0.1) is 0 Å². The van der Waals surface area contributed by atoms with Crippen LogP contribution in [-0.2, 0) is 22.6 Å². The highest BCUT2D eigenvalue weighted by atomic mass is 16.5. The lowest BCUT2D eigenvalue weighted by molar-refractivity contribution is -0.127. The molecule has 1 heterocycles. The van der Waals surface area contributed by atoms with Crippen molar-refractivity contribution < 1.29 is 19.4 Å². The first-order valence-corrected chi connectivity index (χ1v) is 15.0. The van der Waals surface area contributed by atoms with E-state index in [0.717, 1.165) is 63.5 Å². The van der Waals surface area contributed by atoms with E-state index >= 15 is 0 Å². The molecule has 2 aliphatic carbocycles. The molecule has 0 radical (unpaired) electrons. The van der Waals surface area contributed by atoms with Crippen LogP contribution in [-0.4, -0.2) is 50.4 Å². The lowest BCUT2D eigenvalue weighted by Crippen LogP contribution is -2.41. The molecule has 2 saturated carbocycles. The van der Waals surface area contributed by atoms with Crippen LogP contribution in [0.4, 0.5) is 0 Å². The molecule has 1 aromatic carbocycles. The lowest BCUT2D eigenvalue weighted by Gasteiger charge is -2.20. The van der Waals surface area contributed by atoms with Crippen molar-refractivity contribution in [2.45, 2.75) is 121 Å². The molecule has 0 unspecified atom stereocenters. The topological polar surface area (TPSA) is 132 Å². The zero-order chi connectivity index (χ0) is 28.2. The number of carbonyl (C=O) groups is 2. The number of benzene rings is 1. The standard InChI is InChI=1S/C31H45N5O4/c32-31(34-24-6-1-2-7-24)35-25(16-18-36-19-17-33-22-36)8-5-9-26(37)21-27(38)14-12-23-13-15-29(39)30(20-23)40-28-10-3-4-11-28/h13,15,17,19-20,22,24-25,28,39H,1-12,14,16,18,21H2,(H3,32,34,35)/t25-/m1/s1. The predicted octanol–water partition coefficient (Wildman–Crippen LogP) is 4.85. The number of aliphatic imine (C=N–C) groups is 1. The molecule has 0 bridgehead atoms. The fraction of sp³-hybridized carbons (Fsp3) is 0.613. The number of hydrogen-bond acceptors (Lipinski definition) is 6. The van der Waals surface area contributed by atoms with E-state index in [2.05, 4.69) is 15.3 Å². The van der Waals surface area contributed by atoms with Gasteiger partial charge in [-0.25, -0.2) is 4.98 Å². The molecule has 0 amide bonds. The van der Waals surface area contributed by atoms with Crippen LogP contribution in [0.3, 0.4) is 0 Å². The highest BCUT2D eigenvalue weighted by Crippen LogP contribution is 2.32. The summed E-state index contributed by atoms with van der Waals surface area (Å²) in [6.07, 6.45) is 18.0. The van der Waals surface area contributed by atoms with Crippen molar-refractivity contribution in [3.8, 4) is 11.5 Å². The summed E-state index contributed by atoms with van der Waals surface area (Å²) in [4.78, 5) is 33.9. The number of carbonyl (C=O) groups excluding carboxylic acids is 2. The molecule has 2 aromatic rings. The molecular formula is C31H45N5O4. The molecule has 218 valence electrons. The van der Waals surface area contributed by atoms with Gasteiger partial charge in [0.2, 0.25) is 0 Å². The monoisotopic (exact) mass is 551 g/mol. The number of aromatic nitrogens is 2. The zero-order valence-corrected chi connectivity index (χ0v) is 23.6. The van der Waals surface area contributed by atoms with Gasteiger partial charge in [-0.15, -0.1) is 0 Å². The minimum absolute atomic E-state index is 0.0260. The summed E-state index contributed by atoms with van der Waals surface area (Å²) in [6.45, 7) is 0.797. The molecule has 9 heteroatoms. The molecule has 2 aliphatic rings. The van der Waals surface area contributed by atoms with Crippen molar-refractivity contribution in [3.05, 3.63) is 42.5 Å². The number of ketones is 2. The Balaban J connectivity index is 1.19. The van der Waals surface area contributed by atoms with Crippen LogP contribution in [0.15, 0.2) is 41.9 Å². The van der Waals surface area contributed by atoms with E-state index in [0.29, 0.717) is 43.4 Å². The Labute approximate surface area is 237 Å². The molecule has 0 spiro atoms. The number of Topliss-reactive ketones (excluding diaryl/α,β-unsaturated/α-hetero) is 2. The summed E-state index contributed by atoms with van der Waals surface area (Å²) in [5.41, 5.74) is 7.15. The maximum Gasteiger partial charge on any atom is 0.189 e. The summed E-state index contributed by atoms with van der Waals surface area (Å²) >= 11 is 0. The van der Waals surface area contributed by atoms with Crippen LogP contribution in [0.1, 0.15) is 95.5 Å². The highest BCUT2D eigenvalue weighted by Gasteiger charge is 2.19. The number of rotatable bonds is 16. The van der Waals surface area contributed by atoms with Gasteiger partial charge < -0.3 is 25.5 Å². The van der Waals surface area contributed by atoms with Gasteiger partial charge in [0.15, 0.2) is 17.5 Å². The second kappa shape index (κ2) is 15.4. The zero-order valence-electron chi connectivity index (χ0n) is 23.6. The normalized spacial score (nSPS) is 17.2. The van der Waals surface area contributed by atoms with Crippen molar-refractivity contribution >= 4 is 17.5 Å². The van der Waals surface area contributed by atoms with Gasteiger partial charge in [0.05, 0.1) is 24.9 Å². The summed E-state index contributed by atoms with van der Waals surface area (Å²) in [5, 5.41) is 13.5. The van der Waals surface area contributed by atoms with Crippen LogP contribution >= 0.6 is 0 Å². The Bertz CT molecular complexity index is 1100. The van der Waals surface area contributed by atoms with E-state index in [9.17, 15) is 14.7 Å². The van der Waals surface area contributed by atoms with Gasteiger partial charge in [0.1, 0.15) is 11.6 Å². The molecular weight excluding hydrogens is 506 g/mol. The number of aromatic hydroxyl groups is 1. The van der Waals surface area contributed by atoms with Gasteiger partial charge >= 0.3 is 0 Å². The minimum atomic E-state index is -0.0564. The predicted molar refractivity (Wildman–Crippen MR) is 155 cm³/mol. The average molecular weight is 552 g/mol. The Morgan fingerprint density at radius 3 is 2.60 bits per heavy atom. The average Bonchev–Trinajstić information content (AvgIpc) is 3.72. The van der Waals surface area contributed by atoms with Crippen LogP contribution < -0.4 is 15.8 Å². The van der Waals surface area contributed by atoms with E-state index in [-0.39, 0.29) is 35.9 Å². The quantitative estimate of drug-likeness (QED) is 0.154. The summed E-state index contributed by atoms with van der Waals surface area (Å²) in [6, 6.07) is 5.65. The molecule has 4 rings (SSSR count). The molecule has 1 atom stereocenters. The number of aryl methyl sites for hydroxylation is 2. The van der Waals surface area contributed by atoms with Crippen molar-refractivity contribution in [3.63, 3.8) is 0 Å². The Hall–Kier alpha value is -3.36. The van der Waals surface area contributed by atoms with Gasteiger partial charge in [0, 0.05) is 37.8 Å². The van der Waals surface area contributed by atoms with Gasteiger partial charge in [-0.2, -0.15) is 0 Å². The lowest BCUT2D eigenvalue weighted by atomic mass is 10.0. The molecule has 1 aromatic heterocycles. The van der Waals surface area contributed by atoms with Gasteiger partial charge in [-0.3, -0.25) is 14.6 Å². The van der Waals surface area contributed by atoms with Crippen molar-refractivity contribution in [2.75, 3.05) is 0 Å². The third-order valence-electron chi connectivity index (χ3n) is 8.01. The first-order chi connectivity index (χ1) is 19.4. The second-order valence-corrected chi connectivity index (χ2v) is 11.4. The molecule has 4 N–H and O–H groups in total. The fourth-order valence-corrected chi connectivity index (χ4v) is 5.71. The van der Waals surface area contributed by atoms with Crippen LogP contribution in [0.5, 0.6) is 11.5 Å².